The number of nitriles is 1. The molecule has 0 aromatic heterocycles. The predicted molar refractivity (Wildman–Crippen MR) is 127 cm³/mol. The van der Waals surface area contributed by atoms with Crippen LogP contribution in [0.2, 0.25) is 0 Å². The second kappa shape index (κ2) is 9.13. The van der Waals surface area contributed by atoms with E-state index in [1.165, 1.54) is 24.3 Å². The Morgan fingerprint density at radius 3 is 2.42 bits per heavy atom. The van der Waals surface area contributed by atoms with Gasteiger partial charge in [-0.3, -0.25) is 10.1 Å². The number of halogens is 2. The third-order valence-corrected chi connectivity index (χ3v) is 6.27. The lowest BCUT2D eigenvalue weighted by molar-refractivity contribution is -0.384. The molecule has 0 unspecified atom stereocenters. The van der Waals surface area contributed by atoms with Gasteiger partial charge < -0.3 is 20.3 Å². The molecule has 0 amide bonds. The molecule has 166 valence electrons. The minimum absolute atomic E-state index is 0.0103. The number of fused-ring (bicyclic) bond motifs is 1. The van der Waals surface area contributed by atoms with Crippen molar-refractivity contribution in [2.75, 3.05) is 0 Å². The van der Waals surface area contributed by atoms with Crippen LogP contribution in [-0.2, 0) is 6.61 Å². The van der Waals surface area contributed by atoms with Crippen molar-refractivity contribution in [2.45, 2.75) is 12.5 Å². The number of allylic oxidation sites excluding steroid dienone is 1. The first-order chi connectivity index (χ1) is 15.8. The first kappa shape index (κ1) is 22.6. The van der Waals surface area contributed by atoms with E-state index in [2.05, 4.69) is 37.9 Å². The van der Waals surface area contributed by atoms with Crippen LogP contribution in [0, 0.1) is 21.4 Å². The molecule has 10 heteroatoms. The molecule has 3 N–H and O–H groups in total. The zero-order valence-corrected chi connectivity index (χ0v) is 20.0. The van der Waals surface area contributed by atoms with Crippen molar-refractivity contribution in [3.05, 3.63) is 102 Å². The van der Waals surface area contributed by atoms with Crippen LogP contribution in [0.3, 0.4) is 0 Å². The maximum atomic E-state index is 10.8. The molecule has 4 rings (SSSR count). The maximum absolute atomic E-state index is 10.8. The summed E-state index contributed by atoms with van der Waals surface area (Å²) in [6.45, 7) is 0.199. The van der Waals surface area contributed by atoms with Crippen LogP contribution in [0.15, 0.2) is 75.0 Å². The number of ether oxygens (including phenoxy) is 2. The van der Waals surface area contributed by atoms with E-state index in [1.807, 2.05) is 12.1 Å². The van der Waals surface area contributed by atoms with E-state index in [-0.39, 0.29) is 29.5 Å². The molecule has 3 aromatic carbocycles. The lowest BCUT2D eigenvalue weighted by Crippen LogP contribution is -2.21. The highest BCUT2D eigenvalue weighted by atomic mass is 79.9. The standard InChI is InChI=1S/C23H15Br2N3O5/c24-18-7-13(21-16-6-5-15(29)9-20(16)33-23(27)17(21)10-26)8-19(25)22(18)32-11-12-1-3-14(4-2-12)28(30)31/h1-9,21,29H,11,27H2/t21-/m1/s1. The van der Waals surface area contributed by atoms with E-state index in [0.717, 1.165) is 11.1 Å². The number of rotatable bonds is 5. The summed E-state index contributed by atoms with van der Waals surface area (Å²) in [5.74, 6) is 0.410. The highest BCUT2D eigenvalue weighted by Gasteiger charge is 2.31. The summed E-state index contributed by atoms with van der Waals surface area (Å²) in [4.78, 5) is 10.4. The second-order valence-electron chi connectivity index (χ2n) is 7.17. The Kier molecular flexibility index (Phi) is 6.26. The molecular weight excluding hydrogens is 558 g/mol. The number of nitrogens with two attached hydrogens (primary N) is 1. The monoisotopic (exact) mass is 571 g/mol. The minimum atomic E-state index is -0.504. The smallest absolute Gasteiger partial charge is 0.269 e. The topological polar surface area (TPSA) is 132 Å². The average Bonchev–Trinajstić information content (AvgIpc) is 2.77. The highest BCUT2D eigenvalue weighted by molar-refractivity contribution is 9.11. The second-order valence-corrected chi connectivity index (χ2v) is 8.88. The largest absolute Gasteiger partial charge is 0.508 e. The SMILES string of the molecule is N#CC1=C(N)Oc2cc(O)ccc2[C@H]1c1cc(Br)c(OCc2ccc([N+](=O)[O-])cc2)c(Br)c1. The fourth-order valence-electron chi connectivity index (χ4n) is 3.54. The number of nitro benzene ring substituents is 1. The van der Waals surface area contributed by atoms with Gasteiger partial charge in [0.05, 0.1) is 19.8 Å². The molecule has 0 saturated heterocycles. The number of non-ortho nitro benzene ring substituents is 1. The summed E-state index contributed by atoms with van der Waals surface area (Å²) in [7, 11) is 0. The molecule has 1 aliphatic heterocycles. The number of phenols is 1. The highest BCUT2D eigenvalue weighted by Crippen LogP contribution is 2.46. The summed E-state index contributed by atoms with van der Waals surface area (Å²) in [5, 5.41) is 30.3. The van der Waals surface area contributed by atoms with Crippen molar-refractivity contribution >= 4 is 37.5 Å². The Morgan fingerprint density at radius 2 is 1.82 bits per heavy atom. The van der Waals surface area contributed by atoms with Crippen molar-refractivity contribution in [1.82, 2.24) is 0 Å². The van der Waals surface area contributed by atoms with Crippen LogP contribution >= 0.6 is 31.9 Å². The van der Waals surface area contributed by atoms with Gasteiger partial charge in [-0.2, -0.15) is 5.26 Å². The van der Waals surface area contributed by atoms with E-state index >= 15 is 0 Å². The van der Waals surface area contributed by atoms with Crippen molar-refractivity contribution < 1.29 is 19.5 Å². The first-order valence-corrected chi connectivity index (χ1v) is 11.1. The van der Waals surface area contributed by atoms with Crippen molar-refractivity contribution in [3.8, 4) is 23.3 Å². The van der Waals surface area contributed by atoms with Gasteiger partial charge in [0.25, 0.3) is 5.69 Å². The van der Waals surface area contributed by atoms with Crippen LogP contribution in [-0.4, -0.2) is 10.0 Å². The Balaban J connectivity index is 1.66. The fraction of sp³-hybridized carbons (Fsp3) is 0.0870. The van der Waals surface area contributed by atoms with Gasteiger partial charge in [-0.25, -0.2) is 0 Å². The van der Waals surface area contributed by atoms with E-state index in [1.54, 1.807) is 18.2 Å². The molecule has 3 aromatic rings. The number of hydrogen-bond acceptors (Lipinski definition) is 7. The summed E-state index contributed by atoms with van der Waals surface area (Å²) < 4.78 is 12.8. The van der Waals surface area contributed by atoms with Crippen molar-refractivity contribution in [3.63, 3.8) is 0 Å². The first-order valence-electron chi connectivity index (χ1n) is 9.54. The summed E-state index contributed by atoms with van der Waals surface area (Å²) in [6.07, 6.45) is 0. The van der Waals surface area contributed by atoms with Crippen LogP contribution < -0.4 is 15.2 Å². The van der Waals surface area contributed by atoms with Crippen LogP contribution in [0.4, 0.5) is 5.69 Å². The molecule has 1 atom stereocenters. The third kappa shape index (κ3) is 4.51. The molecule has 1 heterocycles. The Bertz CT molecular complexity index is 1310. The molecule has 8 nitrogen and oxygen atoms in total. The number of aromatic hydroxyl groups is 1. The van der Waals surface area contributed by atoms with Crippen LogP contribution in [0.1, 0.15) is 22.6 Å². The van der Waals surface area contributed by atoms with Crippen molar-refractivity contribution in [2.24, 2.45) is 5.73 Å². The predicted octanol–water partition coefficient (Wildman–Crippen LogP) is 5.62. The van der Waals surface area contributed by atoms with Crippen LogP contribution in [0.25, 0.3) is 0 Å². The van der Waals surface area contributed by atoms with Gasteiger partial charge in [-0.05, 0) is 73.3 Å². The van der Waals surface area contributed by atoms with E-state index < -0.39 is 10.8 Å². The van der Waals surface area contributed by atoms with Gasteiger partial charge in [0, 0.05) is 23.8 Å². The van der Waals surface area contributed by atoms with Gasteiger partial charge in [0.15, 0.2) is 0 Å². The maximum Gasteiger partial charge on any atom is 0.269 e. The molecule has 0 saturated carbocycles. The molecule has 0 aliphatic carbocycles. The van der Waals surface area contributed by atoms with E-state index in [9.17, 15) is 20.5 Å². The Labute approximate surface area is 205 Å². The summed E-state index contributed by atoms with van der Waals surface area (Å²) in [6, 6.07) is 16.6. The van der Waals surface area contributed by atoms with Gasteiger partial charge in [-0.1, -0.05) is 6.07 Å². The lowest BCUT2D eigenvalue weighted by atomic mass is 9.83. The molecule has 1 aliphatic rings. The molecular formula is C23H15Br2N3O5. The van der Waals surface area contributed by atoms with Gasteiger partial charge >= 0.3 is 0 Å². The molecule has 0 radical (unpaired) electrons. The quantitative estimate of drug-likeness (QED) is 0.299. The average molecular weight is 573 g/mol. The number of hydrogen-bond donors (Lipinski definition) is 2. The van der Waals surface area contributed by atoms with Gasteiger partial charge in [0.2, 0.25) is 5.88 Å². The Hall–Kier alpha value is -3.55. The fourth-order valence-corrected chi connectivity index (χ4v) is 4.99. The number of nitrogens with zero attached hydrogens (tertiary/aromatic N) is 2. The Morgan fingerprint density at radius 1 is 1.15 bits per heavy atom. The number of benzene rings is 3. The number of nitro groups is 1. The lowest BCUT2D eigenvalue weighted by Gasteiger charge is -2.27. The normalized spacial score (nSPS) is 14.8. The van der Waals surface area contributed by atoms with Gasteiger partial charge in [0.1, 0.15) is 35.5 Å². The summed E-state index contributed by atoms with van der Waals surface area (Å²) in [5.41, 5.74) is 8.47. The van der Waals surface area contributed by atoms with E-state index in [0.29, 0.717) is 26.0 Å². The molecule has 0 spiro atoms. The van der Waals surface area contributed by atoms with Crippen LogP contribution in [0.5, 0.6) is 17.2 Å². The zero-order valence-electron chi connectivity index (χ0n) is 16.8. The summed E-state index contributed by atoms with van der Waals surface area (Å²) >= 11 is 7.06. The van der Waals surface area contributed by atoms with Gasteiger partial charge in [-0.15, -0.1) is 0 Å². The van der Waals surface area contributed by atoms with Crippen molar-refractivity contribution in [1.29, 1.82) is 5.26 Å². The molecule has 33 heavy (non-hydrogen) atoms. The minimum Gasteiger partial charge on any atom is -0.508 e. The van der Waals surface area contributed by atoms with E-state index in [4.69, 9.17) is 15.2 Å². The number of phenolic OH excluding ortho intramolecular Hbond substituents is 1. The third-order valence-electron chi connectivity index (χ3n) is 5.09. The molecule has 0 fully saturated rings. The molecule has 0 bridgehead atoms. The zero-order chi connectivity index (χ0) is 23.7.